The van der Waals surface area contributed by atoms with Crippen molar-refractivity contribution in [2.75, 3.05) is 19.6 Å². The molecule has 2 rings (SSSR count). The van der Waals surface area contributed by atoms with E-state index in [1.807, 2.05) is 0 Å². The number of nitro groups is 1. The Hall–Kier alpha value is -1.75. The van der Waals surface area contributed by atoms with Gasteiger partial charge in [-0.2, -0.15) is 0 Å². The van der Waals surface area contributed by atoms with Gasteiger partial charge in [0.15, 0.2) is 0 Å². The quantitative estimate of drug-likeness (QED) is 0.459. The maximum Gasteiger partial charge on any atom is 0.269 e. The van der Waals surface area contributed by atoms with Gasteiger partial charge in [0, 0.05) is 37.7 Å². The van der Waals surface area contributed by atoms with Crippen LogP contribution in [0.3, 0.4) is 0 Å². The average Bonchev–Trinajstić information content (AvgIpc) is 2.55. The van der Waals surface area contributed by atoms with Gasteiger partial charge in [-0.1, -0.05) is 0 Å². The zero-order valence-electron chi connectivity index (χ0n) is 13.4. The van der Waals surface area contributed by atoms with E-state index in [2.05, 4.69) is 15.4 Å². The van der Waals surface area contributed by atoms with Crippen molar-refractivity contribution in [2.24, 2.45) is 0 Å². The highest BCUT2D eigenvalue weighted by Gasteiger charge is 2.18. The summed E-state index contributed by atoms with van der Waals surface area (Å²) in [5.74, 6) is -0.213. The van der Waals surface area contributed by atoms with E-state index in [1.54, 1.807) is 0 Å². The lowest BCUT2D eigenvalue weighted by Crippen LogP contribution is -2.46. The molecule has 25 heavy (non-hydrogen) atoms. The van der Waals surface area contributed by atoms with Gasteiger partial charge in [-0.25, -0.2) is 13.1 Å². The van der Waals surface area contributed by atoms with Gasteiger partial charge in [-0.3, -0.25) is 14.9 Å². The molecule has 0 unspecified atom stereocenters. The van der Waals surface area contributed by atoms with Crippen LogP contribution < -0.4 is 15.4 Å². The SMILES string of the molecule is Cl.O=C(CCNS(=O)(=O)c1ccc([N+](=O)[O-])cc1)N[C@H]1CCCNC1. The van der Waals surface area contributed by atoms with E-state index >= 15 is 0 Å². The molecule has 1 aliphatic heterocycles. The standard InChI is InChI=1S/C14H20N4O5S.ClH/c19-14(17-11-2-1-8-15-10-11)7-9-16-24(22,23)13-5-3-12(4-6-13)18(20)21;/h3-6,11,15-16H,1-2,7-10H2,(H,17,19);1H/t11-;/m0./s1. The molecule has 0 radical (unpaired) electrons. The van der Waals surface area contributed by atoms with Crippen molar-refractivity contribution in [3.63, 3.8) is 0 Å². The zero-order chi connectivity index (χ0) is 17.6. The predicted molar refractivity (Wildman–Crippen MR) is 94.2 cm³/mol. The number of carbonyl (C=O) groups is 1. The molecule has 0 saturated carbocycles. The highest BCUT2D eigenvalue weighted by molar-refractivity contribution is 7.89. The van der Waals surface area contributed by atoms with Gasteiger partial charge in [0.25, 0.3) is 5.69 Å². The largest absolute Gasteiger partial charge is 0.352 e. The van der Waals surface area contributed by atoms with Crippen LogP contribution in [0.4, 0.5) is 5.69 Å². The molecule has 1 aromatic carbocycles. The molecule has 1 fully saturated rings. The van der Waals surface area contributed by atoms with Crippen LogP contribution >= 0.6 is 12.4 Å². The summed E-state index contributed by atoms with van der Waals surface area (Å²) in [4.78, 5) is 21.7. The number of sulfonamides is 1. The summed E-state index contributed by atoms with van der Waals surface area (Å²) >= 11 is 0. The highest BCUT2D eigenvalue weighted by Crippen LogP contribution is 2.15. The predicted octanol–water partition coefficient (Wildman–Crippen LogP) is 0.553. The number of benzene rings is 1. The number of amides is 1. The van der Waals surface area contributed by atoms with Crippen molar-refractivity contribution in [3.05, 3.63) is 34.4 Å². The van der Waals surface area contributed by atoms with E-state index in [0.717, 1.165) is 50.2 Å². The summed E-state index contributed by atoms with van der Waals surface area (Å²) in [5, 5.41) is 16.6. The van der Waals surface area contributed by atoms with Crippen molar-refractivity contribution in [3.8, 4) is 0 Å². The van der Waals surface area contributed by atoms with Gasteiger partial charge >= 0.3 is 0 Å². The fourth-order valence-electron chi connectivity index (χ4n) is 2.40. The Balaban J connectivity index is 0.00000312. The van der Waals surface area contributed by atoms with Crippen LogP contribution in [0.15, 0.2) is 29.2 Å². The monoisotopic (exact) mass is 392 g/mol. The summed E-state index contributed by atoms with van der Waals surface area (Å²) in [6.07, 6.45) is 1.94. The number of hydrogen-bond acceptors (Lipinski definition) is 6. The van der Waals surface area contributed by atoms with Gasteiger partial charge in [0.05, 0.1) is 9.82 Å². The number of halogens is 1. The number of nitrogens with zero attached hydrogens (tertiary/aromatic N) is 1. The van der Waals surface area contributed by atoms with Gasteiger partial charge < -0.3 is 10.6 Å². The van der Waals surface area contributed by atoms with Crippen molar-refractivity contribution in [2.45, 2.75) is 30.2 Å². The Morgan fingerprint density at radius 1 is 1.32 bits per heavy atom. The molecular weight excluding hydrogens is 372 g/mol. The maximum atomic E-state index is 12.1. The van der Waals surface area contributed by atoms with Crippen LogP contribution in [0.1, 0.15) is 19.3 Å². The summed E-state index contributed by atoms with van der Waals surface area (Å²) in [5.41, 5.74) is -0.186. The first-order valence-electron chi connectivity index (χ1n) is 7.63. The highest BCUT2D eigenvalue weighted by atomic mass is 35.5. The lowest BCUT2D eigenvalue weighted by atomic mass is 10.1. The minimum absolute atomic E-state index is 0. The average molecular weight is 393 g/mol. The van der Waals surface area contributed by atoms with Crippen LogP contribution in [0.5, 0.6) is 0 Å². The molecule has 0 spiro atoms. The Morgan fingerprint density at radius 3 is 2.56 bits per heavy atom. The van der Waals surface area contributed by atoms with Gasteiger partial charge in [-0.15, -0.1) is 12.4 Å². The molecule has 11 heteroatoms. The molecule has 1 amide bonds. The lowest BCUT2D eigenvalue weighted by molar-refractivity contribution is -0.384. The van der Waals surface area contributed by atoms with Crippen molar-refractivity contribution in [1.82, 2.24) is 15.4 Å². The van der Waals surface area contributed by atoms with Crippen molar-refractivity contribution in [1.29, 1.82) is 0 Å². The molecule has 140 valence electrons. The second-order valence-corrected chi connectivity index (χ2v) is 7.28. The van der Waals surface area contributed by atoms with Crippen molar-refractivity contribution >= 4 is 34.0 Å². The molecular formula is C14H21ClN4O5S. The summed E-state index contributed by atoms with van der Waals surface area (Å²) < 4.78 is 26.4. The first kappa shape index (κ1) is 21.3. The molecule has 1 heterocycles. The zero-order valence-corrected chi connectivity index (χ0v) is 15.1. The molecule has 3 N–H and O–H groups in total. The molecule has 9 nitrogen and oxygen atoms in total. The summed E-state index contributed by atoms with van der Waals surface area (Å²) in [7, 11) is -3.80. The second kappa shape index (κ2) is 9.66. The van der Waals surface area contributed by atoms with E-state index in [-0.39, 0.29) is 47.9 Å². The van der Waals surface area contributed by atoms with Crippen LogP contribution in [0, 0.1) is 10.1 Å². The van der Waals surface area contributed by atoms with E-state index in [9.17, 15) is 23.3 Å². The minimum Gasteiger partial charge on any atom is -0.352 e. The number of nitro benzene ring substituents is 1. The van der Waals surface area contributed by atoms with E-state index in [1.165, 1.54) is 0 Å². The summed E-state index contributed by atoms with van der Waals surface area (Å²) in [6.45, 7) is 1.63. The third kappa shape index (κ3) is 6.58. The number of carbonyl (C=O) groups excluding carboxylic acids is 1. The van der Waals surface area contributed by atoms with Gasteiger partial charge in [-0.05, 0) is 31.5 Å². The Kier molecular flexibility index (Phi) is 8.23. The van der Waals surface area contributed by atoms with Crippen LogP contribution in [0.2, 0.25) is 0 Å². The fraction of sp³-hybridized carbons (Fsp3) is 0.500. The second-order valence-electron chi connectivity index (χ2n) is 5.51. The molecule has 1 aliphatic rings. The molecule has 0 aliphatic carbocycles. The lowest BCUT2D eigenvalue weighted by Gasteiger charge is -2.23. The normalized spacial score (nSPS) is 17.4. The maximum absolute atomic E-state index is 12.1. The van der Waals surface area contributed by atoms with Crippen molar-refractivity contribution < 1.29 is 18.1 Å². The molecule has 0 bridgehead atoms. The number of hydrogen-bond donors (Lipinski definition) is 3. The number of non-ortho nitro benzene ring substituents is 1. The third-order valence-electron chi connectivity index (χ3n) is 3.66. The molecule has 1 aromatic rings. The molecule has 1 atom stereocenters. The van der Waals surface area contributed by atoms with Crippen LogP contribution in [-0.4, -0.2) is 44.9 Å². The first-order chi connectivity index (χ1) is 11.4. The van der Waals surface area contributed by atoms with Crippen LogP contribution in [0.25, 0.3) is 0 Å². The van der Waals surface area contributed by atoms with Gasteiger partial charge in [0.2, 0.25) is 15.9 Å². The number of rotatable bonds is 7. The third-order valence-corrected chi connectivity index (χ3v) is 5.14. The topological polar surface area (TPSA) is 130 Å². The molecule has 1 saturated heterocycles. The van der Waals surface area contributed by atoms with E-state index in [0.29, 0.717) is 0 Å². The van der Waals surface area contributed by atoms with Crippen LogP contribution in [-0.2, 0) is 14.8 Å². The Bertz CT molecular complexity index is 690. The Morgan fingerprint density at radius 2 is 2.00 bits per heavy atom. The van der Waals surface area contributed by atoms with E-state index < -0.39 is 14.9 Å². The minimum atomic E-state index is -3.80. The van der Waals surface area contributed by atoms with E-state index in [4.69, 9.17) is 0 Å². The fourth-order valence-corrected chi connectivity index (χ4v) is 3.44. The Labute approximate surface area is 152 Å². The molecule has 0 aromatic heterocycles. The number of nitrogens with one attached hydrogen (secondary N) is 3. The smallest absolute Gasteiger partial charge is 0.269 e. The summed E-state index contributed by atoms with van der Waals surface area (Å²) in [6, 6.07) is 4.65. The van der Waals surface area contributed by atoms with Gasteiger partial charge in [0.1, 0.15) is 0 Å². The first-order valence-corrected chi connectivity index (χ1v) is 9.11. The number of piperidine rings is 1.